The molecule has 96 valence electrons. The number of hydrogen-bond donors (Lipinski definition) is 1. The van der Waals surface area contributed by atoms with Crippen molar-refractivity contribution in [3.63, 3.8) is 0 Å². The number of hydrogen-bond acceptors (Lipinski definition) is 2. The summed E-state index contributed by atoms with van der Waals surface area (Å²) in [5.41, 5.74) is 0.535. The molecule has 3 fully saturated rings. The molecule has 0 aromatic heterocycles. The van der Waals surface area contributed by atoms with E-state index in [1.54, 1.807) is 0 Å². The summed E-state index contributed by atoms with van der Waals surface area (Å²) >= 11 is 0. The minimum absolute atomic E-state index is 0.415. The van der Waals surface area contributed by atoms with Gasteiger partial charge in [-0.3, -0.25) is 4.79 Å². The van der Waals surface area contributed by atoms with Crippen LogP contribution in [0.25, 0.3) is 0 Å². The van der Waals surface area contributed by atoms with Crippen molar-refractivity contribution >= 4 is 5.91 Å². The number of likely N-dealkylation sites (tertiary alicyclic amines) is 1. The minimum atomic E-state index is 0.415. The molecular weight excluding hydrogens is 212 g/mol. The summed E-state index contributed by atoms with van der Waals surface area (Å²) in [4.78, 5) is 14.2. The van der Waals surface area contributed by atoms with Gasteiger partial charge in [-0.05, 0) is 43.6 Å². The monoisotopic (exact) mass is 236 g/mol. The molecule has 0 aromatic rings. The Hall–Kier alpha value is -0.570. The van der Waals surface area contributed by atoms with Gasteiger partial charge in [-0.15, -0.1) is 0 Å². The maximum absolute atomic E-state index is 12.0. The molecular formula is C14H24N2O. The molecule has 3 nitrogen and oxygen atoms in total. The van der Waals surface area contributed by atoms with E-state index in [1.807, 2.05) is 0 Å². The highest BCUT2D eigenvalue weighted by Gasteiger charge is 2.38. The van der Waals surface area contributed by atoms with Crippen molar-refractivity contribution in [2.75, 3.05) is 26.2 Å². The van der Waals surface area contributed by atoms with Gasteiger partial charge in [0.2, 0.25) is 5.91 Å². The molecule has 1 N–H and O–H groups in total. The molecule has 0 unspecified atom stereocenters. The van der Waals surface area contributed by atoms with Gasteiger partial charge in [0.15, 0.2) is 0 Å². The lowest BCUT2D eigenvalue weighted by Crippen LogP contribution is -2.44. The third kappa shape index (κ3) is 2.65. The molecule has 1 spiro atoms. The van der Waals surface area contributed by atoms with Crippen LogP contribution in [0.5, 0.6) is 0 Å². The van der Waals surface area contributed by atoms with Crippen molar-refractivity contribution in [2.24, 2.45) is 11.3 Å². The van der Waals surface area contributed by atoms with Gasteiger partial charge in [-0.2, -0.15) is 0 Å². The molecule has 2 saturated heterocycles. The lowest BCUT2D eigenvalue weighted by Gasteiger charge is -2.39. The Balaban J connectivity index is 1.45. The summed E-state index contributed by atoms with van der Waals surface area (Å²) < 4.78 is 0. The Kier molecular flexibility index (Phi) is 3.12. The number of amides is 1. The van der Waals surface area contributed by atoms with Crippen molar-refractivity contribution in [1.82, 2.24) is 10.2 Å². The molecule has 17 heavy (non-hydrogen) atoms. The van der Waals surface area contributed by atoms with Gasteiger partial charge in [0.1, 0.15) is 0 Å². The zero-order valence-electron chi connectivity index (χ0n) is 10.7. The molecule has 3 aliphatic rings. The first-order valence-electron chi connectivity index (χ1n) is 7.26. The van der Waals surface area contributed by atoms with Crippen LogP contribution in [0.2, 0.25) is 0 Å². The van der Waals surface area contributed by atoms with Crippen LogP contribution in [0, 0.1) is 11.3 Å². The topological polar surface area (TPSA) is 32.3 Å². The van der Waals surface area contributed by atoms with E-state index in [0.29, 0.717) is 11.3 Å². The van der Waals surface area contributed by atoms with Gasteiger partial charge in [0.05, 0.1) is 0 Å². The quantitative estimate of drug-likeness (QED) is 0.810. The van der Waals surface area contributed by atoms with Crippen molar-refractivity contribution in [1.29, 1.82) is 0 Å². The SMILES string of the molecule is O=C(CCC1CC1)N1CCC2(CCNC2)CC1. The first kappa shape index (κ1) is 11.5. The normalized spacial score (nSPS) is 27.6. The first-order valence-corrected chi connectivity index (χ1v) is 7.26. The lowest BCUT2D eigenvalue weighted by atomic mass is 9.78. The van der Waals surface area contributed by atoms with Gasteiger partial charge in [-0.25, -0.2) is 0 Å². The van der Waals surface area contributed by atoms with E-state index < -0.39 is 0 Å². The van der Waals surface area contributed by atoms with Crippen LogP contribution in [0.4, 0.5) is 0 Å². The van der Waals surface area contributed by atoms with Crippen molar-refractivity contribution in [2.45, 2.75) is 44.9 Å². The molecule has 2 heterocycles. The molecule has 0 radical (unpaired) electrons. The van der Waals surface area contributed by atoms with Gasteiger partial charge in [-0.1, -0.05) is 12.8 Å². The van der Waals surface area contributed by atoms with E-state index in [9.17, 15) is 4.79 Å². The Morgan fingerprint density at radius 2 is 2.00 bits per heavy atom. The van der Waals surface area contributed by atoms with Gasteiger partial charge >= 0.3 is 0 Å². The summed E-state index contributed by atoms with van der Waals surface area (Å²) in [5, 5.41) is 3.47. The zero-order chi connectivity index (χ0) is 11.7. The van der Waals surface area contributed by atoms with Crippen molar-refractivity contribution in [3.8, 4) is 0 Å². The van der Waals surface area contributed by atoms with Gasteiger partial charge in [0.25, 0.3) is 0 Å². The third-order valence-electron chi connectivity index (χ3n) is 4.97. The summed E-state index contributed by atoms with van der Waals surface area (Å²) in [6.07, 6.45) is 8.42. The van der Waals surface area contributed by atoms with Crippen LogP contribution >= 0.6 is 0 Å². The number of piperidine rings is 1. The summed E-state index contributed by atoms with van der Waals surface area (Å²) in [6.45, 7) is 4.36. The smallest absolute Gasteiger partial charge is 0.222 e. The zero-order valence-corrected chi connectivity index (χ0v) is 10.7. The highest BCUT2D eigenvalue weighted by molar-refractivity contribution is 5.76. The van der Waals surface area contributed by atoms with E-state index >= 15 is 0 Å². The number of nitrogens with one attached hydrogen (secondary N) is 1. The van der Waals surface area contributed by atoms with Crippen LogP contribution in [-0.2, 0) is 4.79 Å². The average molecular weight is 236 g/mol. The second-order valence-electron chi connectivity index (χ2n) is 6.29. The fourth-order valence-electron chi connectivity index (χ4n) is 3.34. The van der Waals surface area contributed by atoms with E-state index in [0.717, 1.165) is 31.8 Å². The van der Waals surface area contributed by atoms with E-state index in [2.05, 4.69) is 10.2 Å². The largest absolute Gasteiger partial charge is 0.343 e. The van der Waals surface area contributed by atoms with E-state index in [-0.39, 0.29) is 0 Å². The van der Waals surface area contributed by atoms with Crippen LogP contribution in [-0.4, -0.2) is 37.0 Å². The second-order valence-corrected chi connectivity index (χ2v) is 6.29. The molecule has 0 atom stereocenters. The summed E-state index contributed by atoms with van der Waals surface area (Å²) in [5.74, 6) is 1.30. The Bertz CT molecular complexity index is 283. The fraction of sp³-hybridized carbons (Fsp3) is 0.929. The third-order valence-corrected chi connectivity index (χ3v) is 4.97. The molecule has 3 rings (SSSR count). The molecule has 1 saturated carbocycles. The predicted molar refractivity (Wildman–Crippen MR) is 67.7 cm³/mol. The molecule has 0 aromatic carbocycles. The minimum Gasteiger partial charge on any atom is -0.343 e. The second kappa shape index (κ2) is 4.60. The van der Waals surface area contributed by atoms with E-state index in [1.165, 1.54) is 45.2 Å². The fourth-order valence-corrected chi connectivity index (χ4v) is 3.34. The molecule has 2 aliphatic heterocycles. The maximum Gasteiger partial charge on any atom is 0.222 e. The summed E-state index contributed by atoms with van der Waals surface area (Å²) in [7, 11) is 0. The van der Waals surface area contributed by atoms with Gasteiger partial charge < -0.3 is 10.2 Å². The average Bonchev–Trinajstić information content (AvgIpc) is 3.09. The van der Waals surface area contributed by atoms with Crippen LogP contribution in [0.15, 0.2) is 0 Å². The highest BCUT2D eigenvalue weighted by atomic mass is 16.2. The molecule has 1 aliphatic carbocycles. The first-order chi connectivity index (χ1) is 8.27. The van der Waals surface area contributed by atoms with Crippen molar-refractivity contribution in [3.05, 3.63) is 0 Å². The predicted octanol–water partition coefficient (Wildman–Crippen LogP) is 1.78. The number of carbonyl (C=O) groups is 1. The van der Waals surface area contributed by atoms with Crippen LogP contribution in [0.1, 0.15) is 44.9 Å². The summed E-state index contributed by atoms with van der Waals surface area (Å²) in [6, 6.07) is 0. The lowest BCUT2D eigenvalue weighted by molar-refractivity contribution is -0.133. The Morgan fingerprint density at radius 3 is 2.59 bits per heavy atom. The van der Waals surface area contributed by atoms with Crippen LogP contribution < -0.4 is 5.32 Å². The number of carbonyl (C=O) groups excluding carboxylic acids is 1. The maximum atomic E-state index is 12.0. The standard InChI is InChI=1S/C14H24N2O/c17-13(4-3-12-1-2-12)16-9-6-14(7-10-16)5-8-15-11-14/h12,15H,1-11H2. The van der Waals surface area contributed by atoms with Crippen LogP contribution in [0.3, 0.4) is 0 Å². The Morgan fingerprint density at radius 1 is 1.24 bits per heavy atom. The molecule has 3 heteroatoms. The number of nitrogens with zero attached hydrogens (tertiary/aromatic N) is 1. The highest BCUT2D eigenvalue weighted by Crippen LogP contribution is 2.37. The number of rotatable bonds is 3. The van der Waals surface area contributed by atoms with Gasteiger partial charge in [0, 0.05) is 26.1 Å². The van der Waals surface area contributed by atoms with E-state index in [4.69, 9.17) is 0 Å². The Labute approximate surface area is 104 Å². The van der Waals surface area contributed by atoms with Crippen molar-refractivity contribution < 1.29 is 4.79 Å². The molecule has 1 amide bonds. The molecule has 0 bridgehead atoms.